The fourth-order valence-corrected chi connectivity index (χ4v) is 2.46. The number of benzene rings is 1. The highest BCUT2D eigenvalue weighted by Crippen LogP contribution is 2.23. The van der Waals surface area contributed by atoms with Gasteiger partial charge in [0.2, 0.25) is 0 Å². The minimum Gasteiger partial charge on any atom is -0.394 e. The molecule has 1 amide bonds. The van der Waals surface area contributed by atoms with Crippen LogP contribution < -0.4 is 5.32 Å². The first kappa shape index (κ1) is 16.1. The van der Waals surface area contributed by atoms with Crippen LogP contribution in [0.2, 0.25) is 5.02 Å². The van der Waals surface area contributed by atoms with Gasteiger partial charge in [-0.2, -0.15) is 0 Å². The number of ether oxygens (including phenoxy) is 1. The number of hydrogen-bond donors (Lipinski definition) is 2. The maximum atomic E-state index is 12.7. The van der Waals surface area contributed by atoms with Crippen molar-refractivity contribution < 1.29 is 14.6 Å². The van der Waals surface area contributed by atoms with E-state index in [0.29, 0.717) is 30.3 Å². The highest BCUT2D eigenvalue weighted by Gasteiger charge is 2.26. The third kappa shape index (κ3) is 4.09. The van der Waals surface area contributed by atoms with Crippen molar-refractivity contribution in [3.05, 3.63) is 28.8 Å². The molecule has 2 N–H and O–H groups in total. The summed E-state index contributed by atoms with van der Waals surface area (Å²) in [6.45, 7) is 4.14. The number of anilines is 1. The normalized spacial score (nSPS) is 18.6. The number of amides is 1. The first-order valence-corrected chi connectivity index (χ1v) is 7.58. The van der Waals surface area contributed by atoms with Gasteiger partial charge in [-0.15, -0.1) is 0 Å². The Morgan fingerprint density at radius 1 is 1.57 bits per heavy atom. The van der Waals surface area contributed by atoms with Gasteiger partial charge in [-0.05, 0) is 24.6 Å². The average molecular weight is 313 g/mol. The third-order valence-corrected chi connectivity index (χ3v) is 3.64. The lowest BCUT2D eigenvalue weighted by atomic mass is 10.1. The van der Waals surface area contributed by atoms with Crippen molar-refractivity contribution >= 4 is 23.2 Å². The summed E-state index contributed by atoms with van der Waals surface area (Å²) in [6.07, 6.45) is 0.661. The fraction of sp³-hybridized carbons (Fsp3) is 0.533. The number of nitrogens with zero attached hydrogens (tertiary/aromatic N) is 1. The van der Waals surface area contributed by atoms with Gasteiger partial charge in [0.25, 0.3) is 5.91 Å². The number of carbonyl (C=O) groups is 1. The van der Waals surface area contributed by atoms with Gasteiger partial charge in [0.15, 0.2) is 0 Å². The summed E-state index contributed by atoms with van der Waals surface area (Å²) in [5.41, 5.74) is 1.35. The molecule has 5 nitrogen and oxygen atoms in total. The molecule has 0 aliphatic carbocycles. The largest absolute Gasteiger partial charge is 0.394 e. The van der Waals surface area contributed by atoms with E-state index in [1.165, 1.54) is 0 Å². The molecule has 0 saturated carbocycles. The third-order valence-electron chi connectivity index (χ3n) is 3.41. The molecule has 0 spiro atoms. The van der Waals surface area contributed by atoms with Gasteiger partial charge in [0, 0.05) is 30.3 Å². The minimum absolute atomic E-state index is 0.0831. The number of rotatable bonds is 5. The molecular weight excluding hydrogens is 292 g/mol. The molecule has 1 aromatic carbocycles. The Morgan fingerprint density at radius 3 is 3.10 bits per heavy atom. The Labute approximate surface area is 129 Å². The van der Waals surface area contributed by atoms with Crippen molar-refractivity contribution in [3.8, 4) is 0 Å². The van der Waals surface area contributed by atoms with Crippen molar-refractivity contribution in [1.29, 1.82) is 0 Å². The van der Waals surface area contributed by atoms with Crippen LogP contribution in [0.1, 0.15) is 23.7 Å². The van der Waals surface area contributed by atoms with Crippen LogP contribution in [0.25, 0.3) is 0 Å². The van der Waals surface area contributed by atoms with Crippen LogP contribution >= 0.6 is 11.6 Å². The summed E-state index contributed by atoms with van der Waals surface area (Å²) in [4.78, 5) is 14.4. The average Bonchev–Trinajstić information content (AvgIpc) is 2.53. The van der Waals surface area contributed by atoms with Gasteiger partial charge in [-0.1, -0.05) is 18.5 Å². The van der Waals surface area contributed by atoms with Gasteiger partial charge in [-0.25, -0.2) is 0 Å². The molecule has 1 aliphatic rings. The lowest BCUT2D eigenvalue weighted by molar-refractivity contribution is -0.0447. The first-order chi connectivity index (χ1) is 10.2. The number of nitrogens with one attached hydrogen (secondary N) is 1. The smallest absolute Gasteiger partial charge is 0.256 e. The molecule has 0 bridgehead atoms. The molecule has 1 aliphatic heterocycles. The van der Waals surface area contributed by atoms with Crippen LogP contribution in [0.5, 0.6) is 0 Å². The molecule has 2 rings (SSSR count). The molecule has 1 unspecified atom stereocenters. The number of halogens is 1. The number of aliphatic hydroxyl groups is 1. The van der Waals surface area contributed by atoms with Crippen molar-refractivity contribution in [2.45, 2.75) is 19.4 Å². The maximum absolute atomic E-state index is 12.7. The van der Waals surface area contributed by atoms with E-state index in [4.69, 9.17) is 16.3 Å². The van der Waals surface area contributed by atoms with Crippen LogP contribution in [0, 0.1) is 0 Å². The second kappa shape index (κ2) is 7.64. The van der Waals surface area contributed by atoms with Crippen LogP contribution in [0.15, 0.2) is 18.2 Å². The van der Waals surface area contributed by atoms with Gasteiger partial charge in [0.05, 0.1) is 24.9 Å². The highest BCUT2D eigenvalue weighted by molar-refractivity contribution is 6.31. The van der Waals surface area contributed by atoms with Crippen LogP contribution in [0.3, 0.4) is 0 Å². The Kier molecular flexibility index (Phi) is 5.85. The number of morpholine rings is 1. The zero-order chi connectivity index (χ0) is 15.2. The van der Waals surface area contributed by atoms with E-state index in [2.05, 4.69) is 12.2 Å². The van der Waals surface area contributed by atoms with Gasteiger partial charge in [-0.3, -0.25) is 4.79 Å². The molecular formula is C15H21ClN2O3. The van der Waals surface area contributed by atoms with E-state index in [-0.39, 0.29) is 18.6 Å². The Bertz CT molecular complexity index is 496. The maximum Gasteiger partial charge on any atom is 0.256 e. The highest BCUT2D eigenvalue weighted by atomic mass is 35.5. The minimum atomic E-state index is -0.311. The molecule has 116 valence electrons. The van der Waals surface area contributed by atoms with E-state index in [0.717, 1.165) is 18.7 Å². The van der Waals surface area contributed by atoms with E-state index < -0.39 is 0 Å². The van der Waals surface area contributed by atoms with E-state index in [1.54, 1.807) is 17.0 Å². The SMILES string of the molecule is CCCNc1ccc(Cl)cc1C(=O)N1CCOC(CO)C1. The summed E-state index contributed by atoms with van der Waals surface area (Å²) in [6, 6.07) is 5.28. The molecule has 1 saturated heterocycles. The lowest BCUT2D eigenvalue weighted by Crippen LogP contribution is -2.47. The standard InChI is InChI=1S/C15H21ClN2O3/c1-2-5-17-14-4-3-11(16)8-13(14)15(20)18-6-7-21-12(9-18)10-19/h3-4,8,12,17,19H,2,5-7,9-10H2,1H3. The second-order valence-corrected chi connectivity index (χ2v) is 5.48. The van der Waals surface area contributed by atoms with Crippen molar-refractivity contribution in [3.63, 3.8) is 0 Å². The second-order valence-electron chi connectivity index (χ2n) is 5.04. The van der Waals surface area contributed by atoms with Crippen LogP contribution in [-0.2, 0) is 4.74 Å². The summed E-state index contributed by atoms with van der Waals surface area (Å²) < 4.78 is 5.38. The van der Waals surface area contributed by atoms with E-state index in [1.807, 2.05) is 6.07 Å². The molecule has 1 atom stereocenters. The van der Waals surface area contributed by atoms with Crippen LogP contribution in [-0.4, -0.2) is 54.9 Å². The Hall–Kier alpha value is -1.30. The van der Waals surface area contributed by atoms with Gasteiger partial charge >= 0.3 is 0 Å². The quantitative estimate of drug-likeness (QED) is 0.873. The van der Waals surface area contributed by atoms with E-state index in [9.17, 15) is 9.90 Å². The van der Waals surface area contributed by atoms with Crippen molar-refractivity contribution in [1.82, 2.24) is 4.90 Å². The van der Waals surface area contributed by atoms with Crippen LogP contribution in [0.4, 0.5) is 5.69 Å². The van der Waals surface area contributed by atoms with Gasteiger partial charge in [0.1, 0.15) is 0 Å². The lowest BCUT2D eigenvalue weighted by Gasteiger charge is -2.32. The molecule has 1 fully saturated rings. The summed E-state index contributed by atoms with van der Waals surface area (Å²) >= 11 is 6.03. The molecule has 0 aromatic heterocycles. The summed E-state index contributed by atoms with van der Waals surface area (Å²) in [5.74, 6) is -0.0853. The Morgan fingerprint density at radius 2 is 2.38 bits per heavy atom. The van der Waals surface area contributed by atoms with Gasteiger partial charge < -0.3 is 20.1 Å². The van der Waals surface area contributed by atoms with E-state index >= 15 is 0 Å². The zero-order valence-electron chi connectivity index (χ0n) is 12.1. The fourth-order valence-electron chi connectivity index (χ4n) is 2.29. The van der Waals surface area contributed by atoms with Crippen molar-refractivity contribution in [2.24, 2.45) is 0 Å². The molecule has 0 radical (unpaired) electrons. The summed E-state index contributed by atoms with van der Waals surface area (Å²) in [7, 11) is 0. The topological polar surface area (TPSA) is 61.8 Å². The number of hydrogen-bond acceptors (Lipinski definition) is 4. The molecule has 1 heterocycles. The Balaban J connectivity index is 2.18. The predicted molar refractivity (Wildman–Crippen MR) is 83.0 cm³/mol. The summed E-state index contributed by atoms with van der Waals surface area (Å²) in [5, 5.41) is 13.0. The molecule has 1 aromatic rings. The molecule has 6 heteroatoms. The first-order valence-electron chi connectivity index (χ1n) is 7.20. The number of carbonyl (C=O) groups excluding carboxylic acids is 1. The van der Waals surface area contributed by atoms with Crippen molar-refractivity contribution in [2.75, 3.05) is 38.2 Å². The number of aliphatic hydroxyl groups excluding tert-OH is 1. The predicted octanol–water partition coefficient (Wildman–Crippen LogP) is 2.00. The zero-order valence-corrected chi connectivity index (χ0v) is 12.9. The molecule has 21 heavy (non-hydrogen) atoms. The monoisotopic (exact) mass is 312 g/mol.